The van der Waals surface area contributed by atoms with Gasteiger partial charge in [-0.15, -0.1) is 4.91 Å². The van der Waals surface area contributed by atoms with Crippen molar-refractivity contribution in [2.24, 2.45) is 12.3 Å². The summed E-state index contributed by atoms with van der Waals surface area (Å²) >= 11 is 0. The number of nitrogens with zero attached hydrogens (tertiary/aromatic N) is 5. The van der Waals surface area contributed by atoms with Gasteiger partial charge in [-0.3, -0.25) is 4.68 Å². The van der Waals surface area contributed by atoms with Crippen molar-refractivity contribution in [1.82, 2.24) is 14.8 Å². The van der Waals surface area contributed by atoms with Crippen molar-refractivity contribution in [3.63, 3.8) is 0 Å². The number of fused-ring (bicyclic) bond motifs is 1. The van der Waals surface area contributed by atoms with Crippen LogP contribution >= 0.6 is 0 Å². The fourth-order valence-electron chi connectivity index (χ4n) is 3.16. The van der Waals surface area contributed by atoms with E-state index in [1.165, 1.54) is 32.4 Å². The van der Waals surface area contributed by atoms with Crippen LogP contribution in [-0.4, -0.2) is 33.3 Å². The lowest BCUT2D eigenvalue weighted by atomic mass is 9.95. The standard InChI is InChI=1S/C18H18F3N5O2/c1-9-8-22-14(25(3)24-28)7-11(9)10-5-12-15(13(19)6-10)23-26(4)16(12)18(2,27)17(20)21/h5-8,17,27H,1-4H3. The highest BCUT2D eigenvalue weighted by molar-refractivity contribution is 5.89. The molecule has 0 radical (unpaired) electrons. The van der Waals surface area contributed by atoms with E-state index in [-0.39, 0.29) is 22.4 Å². The number of anilines is 1. The van der Waals surface area contributed by atoms with Crippen LogP contribution in [0, 0.1) is 17.6 Å². The van der Waals surface area contributed by atoms with Gasteiger partial charge in [0, 0.05) is 25.7 Å². The number of nitroso groups, excluding NO2 is 1. The van der Waals surface area contributed by atoms with Gasteiger partial charge in [0.15, 0.2) is 17.2 Å². The smallest absolute Gasteiger partial charge is 0.272 e. The average Bonchev–Trinajstić information content (AvgIpc) is 2.98. The van der Waals surface area contributed by atoms with Crippen molar-refractivity contribution in [3.05, 3.63) is 46.4 Å². The molecule has 7 nitrogen and oxygen atoms in total. The lowest BCUT2D eigenvalue weighted by Crippen LogP contribution is -2.33. The molecule has 0 fully saturated rings. The topological polar surface area (TPSA) is 83.6 Å². The van der Waals surface area contributed by atoms with Crippen LogP contribution in [0.5, 0.6) is 0 Å². The number of pyridine rings is 1. The number of aryl methyl sites for hydroxylation is 2. The molecule has 1 aromatic carbocycles. The summed E-state index contributed by atoms with van der Waals surface area (Å²) in [5, 5.41) is 18.1. The Hall–Kier alpha value is -3.01. The zero-order valence-electron chi connectivity index (χ0n) is 15.6. The number of aliphatic hydroxyl groups is 1. The van der Waals surface area contributed by atoms with E-state index < -0.39 is 17.8 Å². The third-order valence-electron chi connectivity index (χ3n) is 4.65. The Bertz CT molecular complexity index is 1070. The number of hydrogen-bond acceptors (Lipinski definition) is 5. The largest absolute Gasteiger partial charge is 0.378 e. The zero-order chi connectivity index (χ0) is 20.8. The highest BCUT2D eigenvalue weighted by atomic mass is 19.3. The number of aromatic nitrogens is 3. The molecule has 0 aliphatic carbocycles. The normalized spacial score (nSPS) is 13.8. The molecule has 3 aromatic rings. The van der Waals surface area contributed by atoms with E-state index >= 15 is 0 Å². The Morgan fingerprint density at radius 2 is 2.00 bits per heavy atom. The van der Waals surface area contributed by atoms with Gasteiger partial charge < -0.3 is 5.11 Å². The van der Waals surface area contributed by atoms with E-state index in [0.29, 0.717) is 16.7 Å². The predicted molar refractivity (Wildman–Crippen MR) is 98.4 cm³/mol. The van der Waals surface area contributed by atoms with Crippen molar-refractivity contribution < 1.29 is 18.3 Å². The predicted octanol–water partition coefficient (Wildman–Crippen LogP) is 3.67. The minimum atomic E-state index is -3.10. The molecule has 3 rings (SSSR count). The number of rotatable bonds is 5. The Kier molecular flexibility index (Phi) is 4.84. The third kappa shape index (κ3) is 3.09. The molecule has 0 saturated carbocycles. The molecule has 148 valence electrons. The molecule has 0 spiro atoms. The van der Waals surface area contributed by atoms with E-state index in [1.54, 1.807) is 13.0 Å². The molecule has 0 bridgehead atoms. The number of alkyl halides is 2. The number of benzene rings is 1. The number of hydrogen-bond donors (Lipinski definition) is 1. The maximum atomic E-state index is 14.7. The van der Waals surface area contributed by atoms with E-state index in [0.717, 1.165) is 16.6 Å². The third-order valence-corrected chi connectivity index (χ3v) is 4.65. The summed E-state index contributed by atoms with van der Waals surface area (Å²) in [6, 6.07) is 4.24. The van der Waals surface area contributed by atoms with Gasteiger partial charge >= 0.3 is 0 Å². The van der Waals surface area contributed by atoms with Gasteiger partial charge in [0.1, 0.15) is 5.52 Å². The first kappa shape index (κ1) is 19.7. The zero-order valence-corrected chi connectivity index (χ0v) is 15.6. The first-order chi connectivity index (χ1) is 13.1. The first-order valence-corrected chi connectivity index (χ1v) is 8.29. The van der Waals surface area contributed by atoms with Gasteiger partial charge in [-0.05, 0) is 48.7 Å². The van der Waals surface area contributed by atoms with Gasteiger partial charge in [0.05, 0.1) is 11.0 Å². The molecule has 28 heavy (non-hydrogen) atoms. The van der Waals surface area contributed by atoms with Gasteiger partial charge in [-0.25, -0.2) is 23.2 Å². The molecule has 1 N–H and O–H groups in total. The van der Waals surface area contributed by atoms with Gasteiger partial charge in [0.25, 0.3) is 6.43 Å². The fraction of sp³-hybridized carbons (Fsp3) is 0.333. The van der Waals surface area contributed by atoms with Crippen molar-refractivity contribution in [2.45, 2.75) is 25.9 Å². The van der Waals surface area contributed by atoms with Crippen LogP contribution in [0.3, 0.4) is 0 Å². The molecule has 1 unspecified atom stereocenters. The van der Waals surface area contributed by atoms with Crippen molar-refractivity contribution in [2.75, 3.05) is 12.1 Å². The second kappa shape index (κ2) is 6.86. The van der Waals surface area contributed by atoms with Crippen LogP contribution < -0.4 is 5.01 Å². The van der Waals surface area contributed by atoms with Crippen LogP contribution in [-0.2, 0) is 12.6 Å². The molecule has 2 heterocycles. The molecular weight excluding hydrogens is 375 g/mol. The first-order valence-electron chi connectivity index (χ1n) is 8.29. The second-order valence-corrected chi connectivity index (χ2v) is 6.74. The monoisotopic (exact) mass is 393 g/mol. The lowest BCUT2D eigenvalue weighted by Gasteiger charge is -2.23. The molecule has 2 aromatic heterocycles. The van der Waals surface area contributed by atoms with Crippen LogP contribution in [0.2, 0.25) is 0 Å². The van der Waals surface area contributed by atoms with E-state index in [4.69, 9.17) is 0 Å². The van der Waals surface area contributed by atoms with Crippen LogP contribution in [0.15, 0.2) is 29.7 Å². The fourth-order valence-corrected chi connectivity index (χ4v) is 3.16. The molecular formula is C18H18F3N5O2. The van der Waals surface area contributed by atoms with Crippen LogP contribution in [0.4, 0.5) is 19.0 Å². The summed E-state index contributed by atoms with van der Waals surface area (Å²) in [5.41, 5.74) is -1.27. The Morgan fingerprint density at radius 3 is 2.61 bits per heavy atom. The maximum Gasteiger partial charge on any atom is 0.272 e. The Labute approximate surface area is 158 Å². The van der Waals surface area contributed by atoms with Gasteiger partial charge in [-0.1, -0.05) is 0 Å². The minimum absolute atomic E-state index is 0.0717. The Morgan fingerprint density at radius 1 is 1.32 bits per heavy atom. The molecule has 10 heteroatoms. The summed E-state index contributed by atoms with van der Waals surface area (Å²) in [5.74, 6) is -0.485. The highest BCUT2D eigenvalue weighted by Crippen LogP contribution is 2.37. The summed E-state index contributed by atoms with van der Waals surface area (Å²) in [6.45, 7) is 2.70. The van der Waals surface area contributed by atoms with Crippen molar-refractivity contribution in [3.8, 4) is 11.1 Å². The second-order valence-electron chi connectivity index (χ2n) is 6.74. The minimum Gasteiger partial charge on any atom is -0.378 e. The molecule has 1 atom stereocenters. The van der Waals surface area contributed by atoms with E-state index in [2.05, 4.69) is 15.4 Å². The molecule has 0 aliphatic heterocycles. The summed E-state index contributed by atoms with van der Waals surface area (Å²) in [4.78, 5) is 14.8. The molecule has 0 saturated heterocycles. The molecule has 0 aliphatic rings. The maximum absolute atomic E-state index is 14.7. The van der Waals surface area contributed by atoms with Crippen LogP contribution in [0.1, 0.15) is 18.2 Å². The lowest BCUT2D eigenvalue weighted by molar-refractivity contribution is -0.0921. The summed E-state index contributed by atoms with van der Waals surface area (Å²) in [6.07, 6.45) is -1.60. The van der Waals surface area contributed by atoms with Crippen molar-refractivity contribution >= 4 is 16.7 Å². The van der Waals surface area contributed by atoms with Crippen LogP contribution in [0.25, 0.3) is 22.0 Å². The van der Waals surface area contributed by atoms with Gasteiger partial charge in [-0.2, -0.15) is 5.10 Å². The molecule has 0 amide bonds. The Balaban J connectivity index is 2.29. The quantitative estimate of drug-likeness (QED) is 0.528. The summed E-state index contributed by atoms with van der Waals surface area (Å²) in [7, 11) is 2.78. The summed E-state index contributed by atoms with van der Waals surface area (Å²) < 4.78 is 42.6. The van der Waals surface area contributed by atoms with E-state index in [9.17, 15) is 23.2 Å². The number of halogens is 3. The SMILES string of the molecule is Cc1cnc(N(C)N=O)cc1-c1cc(F)c2nn(C)c(C(C)(O)C(F)F)c2c1. The van der Waals surface area contributed by atoms with Crippen molar-refractivity contribution in [1.29, 1.82) is 0 Å². The van der Waals surface area contributed by atoms with Gasteiger partial charge in [0.2, 0.25) is 0 Å². The average molecular weight is 393 g/mol. The van der Waals surface area contributed by atoms with E-state index in [1.807, 2.05) is 0 Å². The highest BCUT2D eigenvalue weighted by Gasteiger charge is 2.39.